The first-order chi connectivity index (χ1) is 8.14. The molecule has 2 nitrogen and oxygen atoms in total. The van der Waals surface area contributed by atoms with Gasteiger partial charge in [-0.05, 0) is 29.9 Å². The van der Waals surface area contributed by atoms with Crippen LogP contribution in [0.4, 0.5) is 0 Å². The molecule has 1 heterocycles. The zero-order valence-corrected chi connectivity index (χ0v) is 10.2. The molecule has 1 aliphatic rings. The molecule has 0 aliphatic carbocycles. The van der Waals surface area contributed by atoms with E-state index < -0.39 is 7.14 Å². The van der Waals surface area contributed by atoms with Crippen molar-refractivity contribution < 1.29 is 4.57 Å². The fraction of sp³-hybridized carbons (Fsp3) is 0.0714. The number of rotatable bonds is 0. The third-order valence-electron chi connectivity index (χ3n) is 3.24. The molecule has 1 atom stereocenters. The van der Waals surface area contributed by atoms with E-state index in [1.165, 1.54) is 0 Å². The summed E-state index contributed by atoms with van der Waals surface area (Å²) in [6.45, 7) is 1.78. The van der Waals surface area contributed by atoms with Crippen LogP contribution in [0.5, 0.6) is 0 Å². The molecule has 3 rings (SSSR count). The minimum absolute atomic E-state index is 0.568. The third-order valence-corrected chi connectivity index (χ3v) is 5.84. The van der Waals surface area contributed by atoms with Crippen molar-refractivity contribution >= 4 is 17.8 Å². The lowest BCUT2D eigenvalue weighted by atomic mass is 10.0. The molecule has 0 radical (unpaired) electrons. The first-order valence-electron chi connectivity index (χ1n) is 5.37. The van der Waals surface area contributed by atoms with Gasteiger partial charge in [-0.15, -0.1) is 0 Å². The molecule has 0 fully saturated rings. The fourth-order valence-electron chi connectivity index (χ4n) is 2.39. The molecule has 0 N–H and O–H groups in total. The first kappa shape index (κ1) is 10.3. The largest absolute Gasteiger partial charge is 0.314 e. The van der Waals surface area contributed by atoms with Crippen LogP contribution < -0.4 is 10.6 Å². The number of benzene rings is 2. The highest BCUT2D eigenvalue weighted by atomic mass is 31.2. The molecule has 0 amide bonds. The van der Waals surface area contributed by atoms with Gasteiger partial charge in [0.1, 0.15) is 7.14 Å². The highest BCUT2D eigenvalue weighted by Crippen LogP contribution is 2.49. The minimum atomic E-state index is -2.51. The Balaban J connectivity index is 2.41. The Hall–Kier alpha value is -1.84. The summed E-state index contributed by atoms with van der Waals surface area (Å²) in [5, 5.41) is 10.6. The van der Waals surface area contributed by atoms with Crippen molar-refractivity contribution in [3.63, 3.8) is 0 Å². The second kappa shape index (κ2) is 3.32. The Labute approximate surface area is 99.9 Å². The molecule has 0 aromatic heterocycles. The quantitative estimate of drug-likeness (QED) is 0.663. The molecule has 2 aromatic carbocycles. The highest BCUT2D eigenvalue weighted by Gasteiger charge is 2.34. The lowest BCUT2D eigenvalue weighted by Gasteiger charge is -2.07. The summed E-state index contributed by atoms with van der Waals surface area (Å²) in [5.41, 5.74) is 2.61. The van der Waals surface area contributed by atoms with Crippen LogP contribution in [-0.2, 0) is 4.57 Å². The summed E-state index contributed by atoms with van der Waals surface area (Å²) in [4.78, 5) is 0. The zero-order valence-electron chi connectivity index (χ0n) is 9.34. The van der Waals surface area contributed by atoms with Crippen LogP contribution in [0.25, 0.3) is 11.1 Å². The van der Waals surface area contributed by atoms with Crippen LogP contribution in [-0.4, -0.2) is 6.66 Å². The fourth-order valence-corrected chi connectivity index (χ4v) is 4.71. The molecule has 2 aromatic rings. The topological polar surface area (TPSA) is 40.9 Å². The van der Waals surface area contributed by atoms with Gasteiger partial charge in [0, 0.05) is 10.6 Å². The van der Waals surface area contributed by atoms with Crippen LogP contribution >= 0.6 is 7.14 Å². The molecule has 0 unspecified atom stereocenters. The lowest BCUT2D eigenvalue weighted by Crippen LogP contribution is -2.08. The van der Waals surface area contributed by atoms with Crippen molar-refractivity contribution in [3.8, 4) is 17.2 Å². The van der Waals surface area contributed by atoms with Gasteiger partial charge < -0.3 is 4.57 Å². The van der Waals surface area contributed by atoms with E-state index in [0.29, 0.717) is 5.56 Å². The number of hydrogen-bond acceptors (Lipinski definition) is 2. The van der Waals surface area contributed by atoms with Crippen LogP contribution in [0.3, 0.4) is 0 Å². The van der Waals surface area contributed by atoms with E-state index in [-0.39, 0.29) is 0 Å². The van der Waals surface area contributed by atoms with Crippen molar-refractivity contribution in [2.75, 3.05) is 6.66 Å². The minimum Gasteiger partial charge on any atom is -0.314 e. The SMILES string of the molecule is C[P@]1(=O)c2ccccc2-c2ccc(C#N)cc21. The molecule has 0 saturated carbocycles. The van der Waals surface area contributed by atoms with Gasteiger partial charge in [-0.1, -0.05) is 30.3 Å². The van der Waals surface area contributed by atoms with E-state index in [1.54, 1.807) is 18.8 Å². The Kier molecular flexibility index (Phi) is 2.02. The summed E-state index contributed by atoms with van der Waals surface area (Å²) < 4.78 is 12.8. The maximum Gasteiger partial charge on any atom is 0.141 e. The third kappa shape index (κ3) is 1.30. The van der Waals surface area contributed by atoms with Crippen molar-refractivity contribution in [2.24, 2.45) is 0 Å². The Morgan fingerprint density at radius 1 is 1.06 bits per heavy atom. The summed E-state index contributed by atoms with van der Waals surface area (Å²) in [6, 6.07) is 15.3. The Morgan fingerprint density at radius 3 is 2.53 bits per heavy atom. The molecule has 0 saturated heterocycles. The van der Waals surface area contributed by atoms with Gasteiger partial charge >= 0.3 is 0 Å². The number of nitrogens with zero attached hydrogens (tertiary/aromatic N) is 1. The smallest absolute Gasteiger partial charge is 0.141 e. The maximum atomic E-state index is 12.8. The van der Waals surface area contributed by atoms with Crippen LogP contribution in [0, 0.1) is 11.3 Å². The molecule has 3 heteroatoms. The average molecular weight is 239 g/mol. The van der Waals surface area contributed by atoms with Crippen molar-refractivity contribution in [2.45, 2.75) is 0 Å². The van der Waals surface area contributed by atoms with Gasteiger partial charge in [0.2, 0.25) is 0 Å². The van der Waals surface area contributed by atoms with Gasteiger partial charge in [-0.25, -0.2) is 0 Å². The van der Waals surface area contributed by atoms with E-state index in [4.69, 9.17) is 5.26 Å². The van der Waals surface area contributed by atoms with Gasteiger partial charge in [-0.3, -0.25) is 0 Å². The van der Waals surface area contributed by atoms with Crippen molar-refractivity contribution in [1.82, 2.24) is 0 Å². The Morgan fingerprint density at radius 2 is 1.76 bits per heavy atom. The van der Waals surface area contributed by atoms with E-state index in [9.17, 15) is 4.57 Å². The van der Waals surface area contributed by atoms with Gasteiger partial charge in [0.05, 0.1) is 11.6 Å². The van der Waals surface area contributed by atoms with Crippen molar-refractivity contribution in [1.29, 1.82) is 5.26 Å². The lowest BCUT2D eigenvalue weighted by molar-refractivity contribution is 0.591. The summed E-state index contributed by atoms with van der Waals surface area (Å²) in [7, 11) is -2.51. The van der Waals surface area contributed by atoms with Crippen LogP contribution in [0.1, 0.15) is 5.56 Å². The molecular formula is C14H10NOP. The second-order valence-corrected chi connectivity index (χ2v) is 7.10. The van der Waals surface area contributed by atoms with Crippen LogP contribution in [0.15, 0.2) is 42.5 Å². The number of fused-ring (bicyclic) bond motifs is 3. The monoisotopic (exact) mass is 239 g/mol. The number of nitriles is 1. The summed E-state index contributed by atoms with van der Waals surface area (Å²) in [6.07, 6.45) is 0. The molecule has 82 valence electrons. The molecule has 1 aliphatic heterocycles. The molecule has 0 spiro atoms. The Bertz CT molecular complexity index is 712. The second-order valence-electron chi connectivity index (χ2n) is 4.29. The van der Waals surface area contributed by atoms with E-state index in [1.807, 2.05) is 30.3 Å². The average Bonchev–Trinajstić information content (AvgIpc) is 2.59. The molecule has 0 bridgehead atoms. The normalized spacial score (nSPS) is 20.5. The molecular weight excluding hydrogens is 229 g/mol. The standard InChI is InChI=1S/C14H10NOP/c1-17(16)13-5-3-2-4-11(13)12-7-6-10(9-15)8-14(12)17/h2-8H,1H3/t17-/m0/s1. The van der Waals surface area contributed by atoms with Gasteiger partial charge in [0.25, 0.3) is 0 Å². The number of hydrogen-bond donors (Lipinski definition) is 0. The van der Waals surface area contributed by atoms with E-state index >= 15 is 0 Å². The van der Waals surface area contributed by atoms with E-state index in [2.05, 4.69) is 6.07 Å². The first-order valence-corrected chi connectivity index (χ1v) is 7.52. The van der Waals surface area contributed by atoms with E-state index in [0.717, 1.165) is 21.7 Å². The zero-order chi connectivity index (χ0) is 12.0. The van der Waals surface area contributed by atoms with Crippen molar-refractivity contribution in [3.05, 3.63) is 48.0 Å². The summed E-state index contributed by atoms with van der Waals surface area (Å²) in [5.74, 6) is 0. The maximum absolute atomic E-state index is 12.8. The predicted molar refractivity (Wildman–Crippen MR) is 69.4 cm³/mol. The van der Waals surface area contributed by atoms with Gasteiger partial charge in [-0.2, -0.15) is 5.26 Å². The van der Waals surface area contributed by atoms with Crippen LogP contribution in [0.2, 0.25) is 0 Å². The molecule has 17 heavy (non-hydrogen) atoms. The van der Waals surface area contributed by atoms with Gasteiger partial charge in [0.15, 0.2) is 0 Å². The highest BCUT2D eigenvalue weighted by molar-refractivity contribution is 7.79. The predicted octanol–water partition coefficient (Wildman–Crippen LogP) is 2.48. The summed E-state index contributed by atoms with van der Waals surface area (Å²) >= 11 is 0.